The summed E-state index contributed by atoms with van der Waals surface area (Å²) in [5.41, 5.74) is 3.55. The van der Waals surface area contributed by atoms with E-state index in [-0.39, 0.29) is 12.0 Å². The molecule has 0 bridgehead atoms. The van der Waals surface area contributed by atoms with Crippen molar-refractivity contribution in [3.63, 3.8) is 0 Å². The van der Waals surface area contributed by atoms with E-state index < -0.39 is 5.60 Å². The highest BCUT2D eigenvalue weighted by atomic mass is 16.5. The molecular formula is C27H27N3O3. The summed E-state index contributed by atoms with van der Waals surface area (Å²) in [5, 5.41) is 9.57. The molecule has 0 unspecified atom stereocenters. The predicted octanol–water partition coefficient (Wildman–Crippen LogP) is 4.97. The van der Waals surface area contributed by atoms with Crippen LogP contribution in [0.5, 0.6) is 11.5 Å². The lowest BCUT2D eigenvalue weighted by Crippen LogP contribution is -2.50. The minimum atomic E-state index is -0.508. The minimum absolute atomic E-state index is 0.0300. The van der Waals surface area contributed by atoms with Gasteiger partial charge in [-0.15, -0.1) is 0 Å². The van der Waals surface area contributed by atoms with Crippen molar-refractivity contribution in [1.82, 2.24) is 9.47 Å². The summed E-state index contributed by atoms with van der Waals surface area (Å²) in [6, 6.07) is 17.5. The molecule has 0 saturated carbocycles. The van der Waals surface area contributed by atoms with Gasteiger partial charge in [-0.1, -0.05) is 6.07 Å². The molecule has 2 aliphatic heterocycles. The van der Waals surface area contributed by atoms with Gasteiger partial charge < -0.3 is 18.9 Å². The first-order chi connectivity index (χ1) is 15.9. The Morgan fingerprint density at radius 1 is 1.15 bits per heavy atom. The van der Waals surface area contributed by atoms with Crippen LogP contribution in [0.15, 0.2) is 54.7 Å². The topological polar surface area (TPSA) is 67.5 Å². The minimum Gasteiger partial charge on any atom is -0.491 e. The molecular weight excluding hydrogens is 414 g/mol. The Labute approximate surface area is 194 Å². The van der Waals surface area contributed by atoms with E-state index in [1.165, 1.54) is 0 Å². The second kappa shape index (κ2) is 8.00. The van der Waals surface area contributed by atoms with Crippen LogP contribution in [-0.4, -0.2) is 34.6 Å². The van der Waals surface area contributed by atoms with Gasteiger partial charge in [0.2, 0.25) is 0 Å². The fourth-order valence-electron chi connectivity index (χ4n) is 4.93. The Hall–Kier alpha value is -3.72. The molecule has 1 saturated heterocycles. The summed E-state index contributed by atoms with van der Waals surface area (Å²) < 4.78 is 14.4. The number of nitrogens with zero attached hydrogens (tertiary/aromatic N) is 3. The second-order valence-electron chi connectivity index (χ2n) is 9.06. The maximum Gasteiger partial charge on any atom is 0.253 e. The van der Waals surface area contributed by atoms with E-state index in [1.807, 2.05) is 74.3 Å². The SMILES string of the molecule is Cc1cc(C(=O)N2CCC3(CC2)Oc2cccc(C#N)c2-n2cccc23)ccc1OC(C)C. The van der Waals surface area contributed by atoms with Gasteiger partial charge in [0.25, 0.3) is 5.91 Å². The summed E-state index contributed by atoms with van der Waals surface area (Å²) in [7, 11) is 0. The third kappa shape index (κ3) is 3.54. The lowest BCUT2D eigenvalue weighted by atomic mass is 9.86. The van der Waals surface area contributed by atoms with Crippen LogP contribution in [0.2, 0.25) is 0 Å². The zero-order valence-electron chi connectivity index (χ0n) is 19.2. The number of ether oxygens (including phenoxy) is 2. The number of hydrogen-bond donors (Lipinski definition) is 0. The maximum absolute atomic E-state index is 13.2. The van der Waals surface area contributed by atoms with E-state index in [4.69, 9.17) is 9.47 Å². The molecule has 0 aliphatic carbocycles. The Bertz CT molecular complexity index is 1260. The number of amides is 1. The first kappa shape index (κ1) is 21.1. The van der Waals surface area contributed by atoms with Gasteiger partial charge in [0.1, 0.15) is 23.3 Å². The molecule has 1 spiro atoms. The molecule has 0 atom stereocenters. The number of carbonyl (C=O) groups excluding carboxylic acids is 1. The molecule has 6 nitrogen and oxygen atoms in total. The number of aryl methyl sites for hydroxylation is 1. The number of piperidine rings is 1. The Kier molecular flexibility index (Phi) is 5.13. The van der Waals surface area contributed by atoms with Crippen LogP contribution in [0.4, 0.5) is 0 Å². The van der Waals surface area contributed by atoms with Crippen molar-refractivity contribution in [2.75, 3.05) is 13.1 Å². The lowest BCUT2D eigenvalue weighted by molar-refractivity contribution is -0.00934. The number of nitriles is 1. The zero-order valence-corrected chi connectivity index (χ0v) is 19.2. The monoisotopic (exact) mass is 441 g/mol. The number of carbonyl (C=O) groups is 1. The average Bonchev–Trinajstić information content (AvgIpc) is 3.31. The van der Waals surface area contributed by atoms with Crippen molar-refractivity contribution in [1.29, 1.82) is 5.26 Å². The quantitative estimate of drug-likeness (QED) is 0.576. The van der Waals surface area contributed by atoms with Crippen LogP contribution in [-0.2, 0) is 5.60 Å². The fraction of sp³-hybridized carbons (Fsp3) is 0.333. The molecule has 3 heterocycles. The lowest BCUT2D eigenvalue weighted by Gasteiger charge is -2.45. The first-order valence-electron chi connectivity index (χ1n) is 11.4. The number of para-hydroxylation sites is 1. The summed E-state index contributed by atoms with van der Waals surface area (Å²) in [4.78, 5) is 15.1. The smallest absolute Gasteiger partial charge is 0.253 e. The number of aromatic nitrogens is 1. The van der Waals surface area contributed by atoms with E-state index >= 15 is 0 Å². The summed E-state index contributed by atoms with van der Waals surface area (Å²) in [6.45, 7) is 7.15. The summed E-state index contributed by atoms with van der Waals surface area (Å²) in [5.74, 6) is 1.56. The maximum atomic E-state index is 13.2. The highest BCUT2D eigenvalue weighted by Gasteiger charge is 2.45. The number of hydrogen-bond acceptors (Lipinski definition) is 4. The fourth-order valence-corrected chi connectivity index (χ4v) is 4.93. The van der Waals surface area contributed by atoms with Crippen LogP contribution >= 0.6 is 0 Å². The van der Waals surface area contributed by atoms with E-state index in [1.54, 1.807) is 0 Å². The van der Waals surface area contributed by atoms with Gasteiger partial charge in [-0.25, -0.2) is 0 Å². The summed E-state index contributed by atoms with van der Waals surface area (Å²) >= 11 is 0. The number of fused-ring (bicyclic) bond motifs is 4. The molecule has 1 amide bonds. The molecule has 33 heavy (non-hydrogen) atoms. The van der Waals surface area contributed by atoms with E-state index in [2.05, 4.69) is 16.7 Å². The molecule has 168 valence electrons. The molecule has 1 aromatic heterocycles. The van der Waals surface area contributed by atoms with Crippen LogP contribution < -0.4 is 9.47 Å². The van der Waals surface area contributed by atoms with E-state index in [0.717, 1.165) is 22.7 Å². The highest BCUT2D eigenvalue weighted by molar-refractivity contribution is 5.94. The van der Waals surface area contributed by atoms with E-state index in [9.17, 15) is 10.1 Å². The van der Waals surface area contributed by atoms with Crippen molar-refractivity contribution in [2.24, 2.45) is 0 Å². The number of benzene rings is 2. The average molecular weight is 442 g/mol. The van der Waals surface area contributed by atoms with Gasteiger partial charge >= 0.3 is 0 Å². The van der Waals surface area contributed by atoms with Gasteiger partial charge in [0, 0.05) is 37.7 Å². The first-order valence-corrected chi connectivity index (χ1v) is 11.4. The molecule has 2 aromatic carbocycles. The van der Waals surface area contributed by atoms with Crippen molar-refractivity contribution in [3.8, 4) is 23.3 Å². The van der Waals surface area contributed by atoms with Crippen molar-refractivity contribution in [3.05, 3.63) is 77.1 Å². The van der Waals surface area contributed by atoms with Gasteiger partial charge in [0.15, 0.2) is 5.60 Å². The zero-order chi connectivity index (χ0) is 23.2. The molecule has 0 N–H and O–H groups in total. The van der Waals surface area contributed by atoms with Crippen LogP contribution in [0.1, 0.15) is 53.9 Å². The van der Waals surface area contributed by atoms with Gasteiger partial charge in [0.05, 0.1) is 17.4 Å². The number of likely N-dealkylation sites (tertiary alicyclic amines) is 1. The molecule has 3 aromatic rings. The van der Waals surface area contributed by atoms with Crippen molar-refractivity contribution in [2.45, 2.75) is 45.3 Å². The number of rotatable bonds is 3. The Morgan fingerprint density at radius 2 is 1.94 bits per heavy atom. The van der Waals surface area contributed by atoms with Crippen molar-refractivity contribution < 1.29 is 14.3 Å². The molecule has 1 fully saturated rings. The molecule has 5 rings (SSSR count). The third-order valence-corrected chi connectivity index (χ3v) is 6.52. The second-order valence-corrected chi connectivity index (χ2v) is 9.06. The van der Waals surface area contributed by atoms with Crippen LogP contribution in [0.25, 0.3) is 5.69 Å². The Balaban J connectivity index is 1.37. The summed E-state index contributed by atoms with van der Waals surface area (Å²) in [6.07, 6.45) is 3.45. The van der Waals surface area contributed by atoms with Gasteiger partial charge in [-0.3, -0.25) is 4.79 Å². The predicted molar refractivity (Wildman–Crippen MR) is 125 cm³/mol. The van der Waals surface area contributed by atoms with Gasteiger partial charge in [-0.2, -0.15) is 5.26 Å². The highest BCUT2D eigenvalue weighted by Crippen LogP contribution is 2.46. The molecule has 0 radical (unpaired) electrons. The Morgan fingerprint density at radius 3 is 2.64 bits per heavy atom. The largest absolute Gasteiger partial charge is 0.491 e. The molecule has 6 heteroatoms. The van der Waals surface area contributed by atoms with Gasteiger partial charge in [-0.05, 0) is 68.8 Å². The normalized spacial score (nSPS) is 16.0. The van der Waals surface area contributed by atoms with Crippen LogP contribution in [0, 0.1) is 18.3 Å². The standard InChI is InChI=1S/C27H27N3O3/c1-18(2)32-22-10-9-20(16-19(22)3)26(31)29-14-11-27(12-15-29)24-8-5-13-30(24)25-21(17-28)6-4-7-23(25)33-27/h4-10,13,16,18H,11-12,14-15H2,1-3H3. The van der Waals surface area contributed by atoms with Crippen LogP contribution in [0.3, 0.4) is 0 Å². The third-order valence-electron chi connectivity index (χ3n) is 6.52. The molecule has 2 aliphatic rings. The van der Waals surface area contributed by atoms with Crippen molar-refractivity contribution >= 4 is 5.91 Å². The van der Waals surface area contributed by atoms with E-state index in [0.29, 0.717) is 42.8 Å².